The standard InChI is InChI=1S/C16H14BrFO3/c1-20-12-5-6-13(16(9-12)21-2)15(19)7-10-3-4-11(17)8-14(10)18/h3-6,8-9H,7H2,1-2H3. The van der Waals surface area contributed by atoms with E-state index in [1.54, 1.807) is 30.3 Å². The second-order valence-corrected chi connectivity index (χ2v) is 5.32. The van der Waals surface area contributed by atoms with Crippen LogP contribution in [0, 0.1) is 5.82 Å². The van der Waals surface area contributed by atoms with Gasteiger partial charge in [-0.1, -0.05) is 22.0 Å². The second-order valence-electron chi connectivity index (χ2n) is 4.40. The maximum absolute atomic E-state index is 13.8. The first kappa shape index (κ1) is 15.5. The molecule has 3 nitrogen and oxygen atoms in total. The summed E-state index contributed by atoms with van der Waals surface area (Å²) >= 11 is 3.19. The van der Waals surface area contributed by atoms with Gasteiger partial charge in [0.15, 0.2) is 5.78 Å². The first-order valence-corrected chi connectivity index (χ1v) is 7.03. The lowest BCUT2D eigenvalue weighted by Crippen LogP contribution is -2.07. The summed E-state index contributed by atoms with van der Waals surface area (Å²) in [4.78, 5) is 12.3. The molecule has 0 aliphatic rings. The number of carbonyl (C=O) groups excluding carboxylic acids is 1. The summed E-state index contributed by atoms with van der Waals surface area (Å²) in [6.07, 6.45) is -0.0260. The Morgan fingerprint density at radius 2 is 1.90 bits per heavy atom. The molecule has 110 valence electrons. The van der Waals surface area contributed by atoms with Gasteiger partial charge in [-0.25, -0.2) is 4.39 Å². The SMILES string of the molecule is COc1ccc(C(=O)Cc2ccc(Br)cc2F)c(OC)c1. The fourth-order valence-electron chi connectivity index (χ4n) is 1.96. The Morgan fingerprint density at radius 3 is 2.52 bits per heavy atom. The number of ether oxygens (including phenoxy) is 2. The molecule has 5 heteroatoms. The van der Waals surface area contributed by atoms with Crippen molar-refractivity contribution in [3.05, 3.63) is 57.8 Å². The van der Waals surface area contributed by atoms with E-state index in [0.29, 0.717) is 27.1 Å². The monoisotopic (exact) mass is 352 g/mol. The second kappa shape index (κ2) is 6.72. The molecule has 0 fully saturated rings. The van der Waals surface area contributed by atoms with Crippen LogP contribution >= 0.6 is 15.9 Å². The number of benzene rings is 2. The van der Waals surface area contributed by atoms with Gasteiger partial charge in [-0.15, -0.1) is 0 Å². The van der Waals surface area contributed by atoms with E-state index in [1.807, 2.05) is 0 Å². The van der Waals surface area contributed by atoms with Crippen molar-refractivity contribution in [2.24, 2.45) is 0 Å². The van der Waals surface area contributed by atoms with E-state index in [1.165, 1.54) is 20.3 Å². The number of carbonyl (C=O) groups is 1. The van der Waals surface area contributed by atoms with E-state index < -0.39 is 5.82 Å². The highest BCUT2D eigenvalue weighted by Crippen LogP contribution is 2.26. The Morgan fingerprint density at radius 1 is 1.14 bits per heavy atom. The van der Waals surface area contributed by atoms with Crippen molar-refractivity contribution in [1.29, 1.82) is 0 Å². The highest BCUT2D eigenvalue weighted by Gasteiger charge is 2.15. The van der Waals surface area contributed by atoms with Crippen LogP contribution in [0.3, 0.4) is 0 Å². The van der Waals surface area contributed by atoms with Crippen molar-refractivity contribution in [3.8, 4) is 11.5 Å². The zero-order valence-electron chi connectivity index (χ0n) is 11.7. The van der Waals surface area contributed by atoms with Crippen LogP contribution in [-0.4, -0.2) is 20.0 Å². The molecule has 0 N–H and O–H groups in total. The molecule has 0 radical (unpaired) electrons. The number of methoxy groups -OCH3 is 2. The minimum Gasteiger partial charge on any atom is -0.497 e. The summed E-state index contributed by atoms with van der Waals surface area (Å²) in [5.74, 6) is 0.385. The van der Waals surface area contributed by atoms with Crippen molar-refractivity contribution in [3.63, 3.8) is 0 Å². The molecule has 0 bridgehead atoms. The maximum Gasteiger partial charge on any atom is 0.171 e. The lowest BCUT2D eigenvalue weighted by atomic mass is 10.0. The van der Waals surface area contributed by atoms with E-state index in [9.17, 15) is 9.18 Å². The molecule has 0 aromatic heterocycles. The Labute approximate surface area is 130 Å². The van der Waals surface area contributed by atoms with Gasteiger partial charge in [0.25, 0.3) is 0 Å². The smallest absolute Gasteiger partial charge is 0.171 e. The van der Waals surface area contributed by atoms with Crippen LogP contribution in [0.2, 0.25) is 0 Å². The van der Waals surface area contributed by atoms with Gasteiger partial charge in [0.2, 0.25) is 0 Å². The summed E-state index contributed by atoms with van der Waals surface area (Å²) in [5, 5.41) is 0. The van der Waals surface area contributed by atoms with Crippen molar-refractivity contribution < 1.29 is 18.7 Å². The largest absolute Gasteiger partial charge is 0.497 e. The first-order chi connectivity index (χ1) is 10.0. The summed E-state index contributed by atoms with van der Waals surface area (Å²) in [7, 11) is 3.01. The maximum atomic E-state index is 13.8. The topological polar surface area (TPSA) is 35.5 Å². The third-order valence-electron chi connectivity index (χ3n) is 3.08. The zero-order chi connectivity index (χ0) is 15.4. The lowest BCUT2D eigenvalue weighted by Gasteiger charge is -2.10. The van der Waals surface area contributed by atoms with Crippen molar-refractivity contribution in [2.75, 3.05) is 14.2 Å². The van der Waals surface area contributed by atoms with Crippen LogP contribution in [0.15, 0.2) is 40.9 Å². The fourth-order valence-corrected chi connectivity index (χ4v) is 2.30. The van der Waals surface area contributed by atoms with Gasteiger partial charge in [0.1, 0.15) is 17.3 Å². The van der Waals surface area contributed by atoms with Crippen molar-refractivity contribution in [1.82, 2.24) is 0 Å². The molecule has 0 saturated heterocycles. The van der Waals surface area contributed by atoms with E-state index >= 15 is 0 Å². The molecule has 0 unspecified atom stereocenters. The van der Waals surface area contributed by atoms with E-state index in [-0.39, 0.29) is 12.2 Å². The molecule has 2 aromatic rings. The lowest BCUT2D eigenvalue weighted by molar-refractivity contribution is 0.0989. The molecule has 0 amide bonds. The average Bonchev–Trinajstić information content (AvgIpc) is 2.49. The Balaban J connectivity index is 2.28. The van der Waals surface area contributed by atoms with Gasteiger partial charge < -0.3 is 9.47 Å². The van der Waals surface area contributed by atoms with Crippen LogP contribution in [-0.2, 0) is 6.42 Å². The number of hydrogen-bond acceptors (Lipinski definition) is 3. The molecule has 21 heavy (non-hydrogen) atoms. The van der Waals surface area contributed by atoms with Crippen LogP contribution < -0.4 is 9.47 Å². The van der Waals surface area contributed by atoms with Gasteiger partial charge in [0, 0.05) is 17.0 Å². The number of hydrogen-bond donors (Lipinski definition) is 0. The van der Waals surface area contributed by atoms with Crippen LogP contribution in [0.4, 0.5) is 4.39 Å². The molecule has 0 aliphatic heterocycles. The summed E-state index contributed by atoms with van der Waals surface area (Å²) in [6.45, 7) is 0. The van der Waals surface area contributed by atoms with Gasteiger partial charge in [-0.05, 0) is 29.8 Å². The van der Waals surface area contributed by atoms with Gasteiger partial charge >= 0.3 is 0 Å². The number of rotatable bonds is 5. The number of ketones is 1. The zero-order valence-corrected chi connectivity index (χ0v) is 13.2. The van der Waals surface area contributed by atoms with E-state index in [4.69, 9.17) is 9.47 Å². The Kier molecular flexibility index (Phi) is 4.96. The van der Waals surface area contributed by atoms with Crippen molar-refractivity contribution >= 4 is 21.7 Å². The normalized spacial score (nSPS) is 10.3. The number of halogens is 2. The minimum atomic E-state index is -0.412. The van der Waals surface area contributed by atoms with Crippen molar-refractivity contribution in [2.45, 2.75) is 6.42 Å². The van der Waals surface area contributed by atoms with Gasteiger partial charge in [0.05, 0.1) is 19.8 Å². The van der Waals surface area contributed by atoms with Crippen LogP contribution in [0.25, 0.3) is 0 Å². The molecular formula is C16H14BrFO3. The van der Waals surface area contributed by atoms with Gasteiger partial charge in [-0.3, -0.25) is 4.79 Å². The third-order valence-corrected chi connectivity index (χ3v) is 3.57. The van der Waals surface area contributed by atoms with Gasteiger partial charge in [-0.2, -0.15) is 0 Å². The fraction of sp³-hybridized carbons (Fsp3) is 0.188. The van der Waals surface area contributed by atoms with E-state index in [0.717, 1.165) is 0 Å². The predicted octanol–water partition coefficient (Wildman–Crippen LogP) is 4.03. The summed E-state index contributed by atoms with van der Waals surface area (Å²) in [6, 6.07) is 9.56. The average molecular weight is 353 g/mol. The predicted molar refractivity (Wildman–Crippen MR) is 81.7 cm³/mol. The first-order valence-electron chi connectivity index (χ1n) is 6.24. The quantitative estimate of drug-likeness (QED) is 0.762. The minimum absolute atomic E-state index is 0.0260. The number of Topliss-reactive ketones (excluding diaryl/α,β-unsaturated/α-hetero) is 1. The molecule has 2 rings (SSSR count). The highest BCUT2D eigenvalue weighted by molar-refractivity contribution is 9.10. The molecular weight excluding hydrogens is 339 g/mol. The Bertz CT molecular complexity index is 671. The summed E-state index contributed by atoms with van der Waals surface area (Å²) < 4.78 is 24.7. The van der Waals surface area contributed by atoms with E-state index in [2.05, 4.69) is 15.9 Å². The molecule has 0 heterocycles. The Hall–Kier alpha value is -1.88. The molecule has 0 aliphatic carbocycles. The highest BCUT2D eigenvalue weighted by atomic mass is 79.9. The molecule has 2 aromatic carbocycles. The molecule has 0 saturated carbocycles. The van der Waals surface area contributed by atoms with Crippen LogP contribution in [0.1, 0.15) is 15.9 Å². The molecule has 0 spiro atoms. The third kappa shape index (κ3) is 3.61. The summed E-state index contributed by atoms with van der Waals surface area (Å²) in [5.41, 5.74) is 0.752. The van der Waals surface area contributed by atoms with Crippen LogP contribution in [0.5, 0.6) is 11.5 Å². The molecule has 0 atom stereocenters.